The molecule has 0 aliphatic carbocycles. The first-order valence-corrected chi connectivity index (χ1v) is 11.0. The van der Waals surface area contributed by atoms with Gasteiger partial charge >= 0.3 is 0 Å². The number of para-hydroxylation sites is 2. The second kappa shape index (κ2) is 6.45. The molecule has 1 unspecified atom stereocenters. The Morgan fingerprint density at radius 1 is 1.08 bits per heavy atom. The summed E-state index contributed by atoms with van der Waals surface area (Å²) in [6.07, 6.45) is -0.118. The molecule has 5 nitrogen and oxygen atoms in total. The van der Waals surface area contributed by atoms with Gasteiger partial charge in [0.1, 0.15) is 12.7 Å². The summed E-state index contributed by atoms with van der Waals surface area (Å²) in [4.78, 5) is 0. The van der Waals surface area contributed by atoms with Crippen LogP contribution in [-0.4, -0.2) is 25.1 Å². The monoisotopic (exact) mass is 376 g/mol. The van der Waals surface area contributed by atoms with Crippen molar-refractivity contribution in [3.8, 4) is 11.1 Å². The summed E-state index contributed by atoms with van der Waals surface area (Å²) in [5, 5.41) is 6.85. The first-order chi connectivity index (χ1) is 11.9. The molecule has 132 valence electrons. The van der Waals surface area contributed by atoms with E-state index in [4.69, 9.17) is 26.2 Å². The summed E-state index contributed by atoms with van der Waals surface area (Å²) in [5.41, 5.74) is 4.18. The fourth-order valence-electron chi connectivity index (χ4n) is 3.07. The molecule has 1 saturated heterocycles. The number of anilines is 2. The van der Waals surface area contributed by atoms with Crippen LogP contribution in [0.25, 0.3) is 11.1 Å². The quantitative estimate of drug-likeness (QED) is 0.604. The highest BCUT2D eigenvalue weighted by Gasteiger charge is 2.37. The van der Waals surface area contributed by atoms with E-state index in [1.165, 1.54) is 0 Å². The number of nitrogens with one attached hydrogen (secondary N) is 2. The van der Waals surface area contributed by atoms with E-state index in [-0.39, 0.29) is 6.10 Å². The molecule has 1 atom stereocenters. The molecule has 2 N–H and O–H groups in total. The molecule has 25 heavy (non-hydrogen) atoms. The van der Waals surface area contributed by atoms with Crippen molar-refractivity contribution in [2.45, 2.75) is 25.7 Å². The van der Waals surface area contributed by atoms with Crippen molar-refractivity contribution in [2.24, 2.45) is 0 Å². The number of hydrogen-bond donors (Lipinski definition) is 2. The van der Waals surface area contributed by atoms with Crippen LogP contribution >= 0.6 is 6.99 Å². The van der Waals surface area contributed by atoms with Gasteiger partial charge in [-0.05, 0) is 26.0 Å². The van der Waals surface area contributed by atoms with E-state index in [9.17, 15) is 0 Å². The Morgan fingerprint density at radius 2 is 1.64 bits per heavy atom. The maximum atomic E-state index is 6.14. The van der Waals surface area contributed by atoms with Crippen LogP contribution in [0.5, 0.6) is 0 Å². The van der Waals surface area contributed by atoms with Gasteiger partial charge in [0.15, 0.2) is 5.79 Å². The van der Waals surface area contributed by atoms with Crippen molar-refractivity contribution in [1.82, 2.24) is 0 Å². The number of rotatable bonds is 3. The predicted octanol–water partition coefficient (Wildman–Crippen LogP) is 4.58. The lowest BCUT2D eigenvalue weighted by molar-refractivity contribution is -0.141. The third kappa shape index (κ3) is 3.64. The number of hydrogen-bond acceptors (Lipinski definition) is 6. The van der Waals surface area contributed by atoms with Crippen LogP contribution in [0.1, 0.15) is 13.8 Å². The Bertz CT molecular complexity index is 739. The summed E-state index contributed by atoms with van der Waals surface area (Å²) in [6, 6.07) is 16.3. The van der Waals surface area contributed by atoms with E-state index in [0.29, 0.717) is 13.2 Å². The highest BCUT2D eigenvalue weighted by molar-refractivity contribution is 8.41. The summed E-state index contributed by atoms with van der Waals surface area (Å²) in [7, 11) is 0. The Balaban J connectivity index is 1.59. The maximum absolute atomic E-state index is 6.14. The fourth-order valence-corrected chi connectivity index (χ4v) is 5.43. The lowest BCUT2D eigenvalue weighted by Gasteiger charge is -2.31. The van der Waals surface area contributed by atoms with Crippen LogP contribution < -0.4 is 10.2 Å². The van der Waals surface area contributed by atoms with Crippen molar-refractivity contribution in [3.63, 3.8) is 0 Å². The maximum Gasteiger partial charge on any atom is 0.207 e. The Morgan fingerprint density at radius 3 is 2.16 bits per heavy atom. The van der Waals surface area contributed by atoms with Crippen molar-refractivity contribution >= 4 is 30.6 Å². The van der Waals surface area contributed by atoms with E-state index in [2.05, 4.69) is 22.3 Å². The van der Waals surface area contributed by atoms with Crippen LogP contribution in [-0.2, 0) is 26.2 Å². The third-order valence-corrected chi connectivity index (χ3v) is 6.64. The normalized spacial score (nSPS) is 22.9. The van der Waals surface area contributed by atoms with Gasteiger partial charge in [0.2, 0.25) is 6.99 Å². The van der Waals surface area contributed by atoms with Crippen LogP contribution in [0.4, 0.5) is 11.4 Å². The van der Waals surface area contributed by atoms with Gasteiger partial charge in [-0.3, -0.25) is 0 Å². The van der Waals surface area contributed by atoms with Gasteiger partial charge in [-0.25, -0.2) is 14.7 Å². The molecular formula is C18H21N2O3PS. The topological polar surface area (TPSA) is 51.8 Å². The SMILES string of the molecule is CC1(C)OCC(CO[P+]2([S-])Nc3ccccc3-c3ccccc3N2)O1. The molecule has 0 aromatic heterocycles. The molecular weight excluding hydrogens is 355 g/mol. The van der Waals surface area contributed by atoms with Gasteiger partial charge < -0.3 is 21.7 Å². The predicted molar refractivity (Wildman–Crippen MR) is 104 cm³/mol. The molecule has 2 aromatic carbocycles. The molecule has 1 fully saturated rings. The molecule has 2 aromatic rings. The lowest BCUT2D eigenvalue weighted by atomic mass is 10.0. The number of ether oxygens (including phenoxy) is 2. The minimum atomic E-state index is -2.52. The Hall–Kier alpha value is -1.30. The molecule has 2 aliphatic rings. The molecule has 7 heteroatoms. The highest BCUT2D eigenvalue weighted by Crippen LogP contribution is 2.60. The van der Waals surface area contributed by atoms with Crippen LogP contribution in [0.15, 0.2) is 48.5 Å². The van der Waals surface area contributed by atoms with Gasteiger partial charge in [0.25, 0.3) is 0 Å². The minimum absolute atomic E-state index is 0.118. The van der Waals surface area contributed by atoms with Crippen molar-refractivity contribution in [1.29, 1.82) is 0 Å². The van der Waals surface area contributed by atoms with Crippen molar-refractivity contribution < 1.29 is 14.0 Å². The zero-order chi connectivity index (χ0) is 17.5. The van der Waals surface area contributed by atoms with Crippen molar-refractivity contribution in [3.05, 3.63) is 48.5 Å². The standard InChI is InChI=1S/C18H21N2O3PS/c1-18(2)21-11-13(23-18)12-22-24(25)19-16-9-5-3-7-14(16)15-8-4-6-10-17(15)20-24/h3-10,13H,11-12H2,1-2H3,(H2,19,20,25). The largest absolute Gasteiger partial charge is 0.475 e. The average molecular weight is 376 g/mol. The fraction of sp³-hybridized carbons (Fsp3) is 0.333. The first kappa shape index (κ1) is 17.1. The van der Waals surface area contributed by atoms with Gasteiger partial charge in [0, 0.05) is 11.1 Å². The summed E-state index contributed by atoms with van der Waals surface area (Å²) >= 11 is 5.85. The van der Waals surface area contributed by atoms with Crippen LogP contribution in [0.3, 0.4) is 0 Å². The smallest absolute Gasteiger partial charge is 0.207 e. The summed E-state index contributed by atoms with van der Waals surface area (Å²) in [6.45, 7) is 2.18. The summed E-state index contributed by atoms with van der Waals surface area (Å²) < 4.78 is 17.6. The van der Waals surface area contributed by atoms with E-state index < -0.39 is 12.8 Å². The highest BCUT2D eigenvalue weighted by atomic mass is 32.7. The zero-order valence-electron chi connectivity index (χ0n) is 14.2. The van der Waals surface area contributed by atoms with Crippen LogP contribution in [0.2, 0.25) is 0 Å². The molecule has 0 bridgehead atoms. The number of fused-ring (bicyclic) bond motifs is 3. The minimum Gasteiger partial charge on any atom is -0.475 e. The molecule has 0 amide bonds. The summed E-state index contributed by atoms with van der Waals surface area (Å²) in [5.74, 6) is -0.565. The van der Waals surface area contributed by atoms with E-state index >= 15 is 0 Å². The third-order valence-electron chi connectivity index (χ3n) is 4.19. The lowest BCUT2D eigenvalue weighted by Crippen LogP contribution is -2.25. The zero-order valence-corrected chi connectivity index (χ0v) is 15.9. The van der Waals surface area contributed by atoms with Gasteiger partial charge in [-0.15, -0.1) is 0 Å². The Labute approximate surface area is 153 Å². The van der Waals surface area contributed by atoms with Gasteiger partial charge in [-0.2, -0.15) is 0 Å². The second-order valence-electron chi connectivity index (χ2n) is 6.61. The van der Waals surface area contributed by atoms with Crippen LogP contribution in [0, 0.1) is 0 Å². The molecule has 0 spiro atoms. The first-order valence-electron chi connectivity index (χ1n) is 8.25. The molecule has 0 saturated carbocycles. The number of benzene rings is 2. The molecule has 4 rings (SSSR count). The van der Waals surface area contributed by atoms with E-state index in [1.807, 2.05) is 50.2 Å². The van der Waals surface area contributed by atoms with Gasteiger partial charge in [0.05, 0.1) is 18.0 Å². The molecule has 0 radical (unpaired) electrons. The Kier molecular flexibility index (Phi) is 4.42. The van der Waals surface area contributed by atoms with E-state index in [0.717, 1.165) is 22.5 Å². The van der Waals surface area contributed by atoms with Crippen molar-refractivity contribution in [2.75, 3.05) is 23.4 Å². The van der Waals surface area contributed by atoms with Gasteiger partial charge in [-0.1, -0.05) is 36.4 Å². The van der Waals surface area contributed by atoms with E-state index in [1.54, 1.807) is 0 Å². The molecule has 2 aliphatic heterocycles. The average Bonchev–Trinajstić information content (AvgIpc) is 2.87. The second-order valence-corrected chi connectivity index (χ2v) is 9.96. The molecule has 2 heterocycles.